The van der Waals surface area contributed by atoms with Crippen LogP contribution >= 0.6 is 0 Å². The van der Waals surface area contributed by atoms with Crippen molar-refractivity contribution in [3.05, 3.63) is 65.0 Å². The van der Waals surface area contributed by atoms with Crippen LogP contribution in [0.3, 0.4) is 0 Å². The highest BCUT2D eigenvalue weighted by Gasteiger charge is 2.18. The molecule has 1 N–H and O–H groups in total. The van der Waals surface area contributed by atoms with Crippen LogP contribution in [0.2, 0.25) is 0 Å². The molecule has 0 saturated heterocycles. The first-order valence-corrected chi connectivity index (χ1v) is 9.93. The average Bonchev–Trinajstić information content (AvgIpc) is 2.70. The predicted molar refractivity (Wildman–Crippen MR) is 119 cm³/mol. The molecule has 0 aliphatic heterocycles. The number of nitrogens with one attached hydrogen (secondary N) is 1. The number of fused-ring (bicyclic) bond motifs is 1. The van der Waals surface area contributed by atoms with Crippen molar-refractivity contribution >= 4 is 22.8 Å². The molecule has 3 aromatic rings. The summed E-state index contributed by atoms with van der Waals surface area (Å²) in [5.74, 6) is -0.199. The third-order valence-electron chi connectivity index (χ3n) is 4.48. The number of likely N-dealkylation sites (N-methyl/N-ethyl adjacent to an activating group) is 1. The molecule has 0 aliphatic rings. The number of carbonyl (C=O) groups excluding carboxylic acids is 2. The number of amides is 2. The summed E-state index contributed by atoms with van der Waals surface area (Å²) in [4.78, 5) is 37.7. The minimum absolute atomic E-state index is 0.0630. The van der Waals surface area contributed by atoms with E-state index in [1.165, 1.54) is 11.0 Å². The molecule has 0 saturated carbocycles. The van der Waals surface area contributed by atoms with Crippen molar-refractivity contribution in [1.29, 1.82) is 0 Å². The zero-order chi connectivity index (χ0) is 22.6. The highest BCUT2D eigenvalue weighted by Crippen LogP contribution is 2.29. The van der Waals surface area contributed by atoms with E-state index in [9.17, 15) is 14.4 Å². The van der Waals surface area contributed by atoms with Crippen molar-refractivity contribution in [3.8, 4) is 16.9 Å². The van der Waals surface area contributed by atoms with Gasteiger partial charge in [-0.2, -0.15) is 0 Å². The molecule has 7 nitrogen and oxygen atoms in total. The van der Waals surface area contributed by atoms with Crippen molar-refractivity contribution in [2.75, 3.05) is 20.2 Å². The maximum atomic E-state index is 12.3. The molecule has 0 unspecified atom stereocenters. The first-order valence-electron chi connectivity index (χ1n) is 9.93. The lowest BCUT2D eigenvalue weighted by Crippen LogP contribution is -2.47. The van der Waals surface area contributed by atoms with Crippen LogP contribution in [-0.2, 0) is 9.59 Å². The lowest BCUT2D eigenvalue weighted by molar-refractivity contribution is -0.136. The van der Waals surface area contributed by atoms with Crippen LogP contribution in [0.5, 0.6) is 5.75 Å². The maximum Gasteiger partial charge on any atom is 0.336 e. The fraction of sp³-hybridized carbons (Fsp3) is 0.292. The molecule has 0 spiro atoms. The third-order valence-corrected chi connectivity index (χ3v) is 4.48. The molecule has 1 heterocycles. The Balaban J connectivity index is 1.71. The van der Waals surface area contributed by atoms with Crippen molar-refractivity contribution in [1.82, 2.24) is 10.2 Å². The first-order chi connectivity index (χ1) is 14.6. The Morgan fingerprint density at radius 3 is 2.45 bits per heavy atom. The van der Waals surface area contributed by atoms with Gasteiger partial charge in [0.2, 0.25) is 5.91 Å². The Morgan fingerprint density at radius 1 is 1.06 bits per heavy atom. The Morgan fingerprint density at radius 2 is 1.77 bits per heavy atom. The van der Waals surface area contributed by atoms with E-state index in [2.05, 4.69) is 5.32 Å². The fourth-order valence-electron chi connectivity index (χ4n) is 3.11. The fourth-order valence-corrected chi connectivity index (χ4v) is 3.11. The Labute approximate surface area is 180 Å². The molecule has 0 atom stereocenters. The number of benzene rings is 2. The summed E-state index contributed by atoms with van der Waals surface area (Å²) in [6, 6.07) is 16.1. The van der Waals surface area contributed by atoms with Crippen LogP contribution < -0.4 is 15.7 Å². The zero-order valence-corrected chi connectivity index (χ0v) is 18.1. The first kappa shape index (κ1) is 22.1. The van der Waals surface area contributed by atoms with Gasteiger partial charge in [0.1, 0.15) is 11.3 Å². The number of rotatable bonds is 6. The van der Waals surface area contributed by atoms with Gasteiger partial charge in [-0.05, 0) is 44.0 Å². The molecule has 162 valence electrons. The monoisotopic (exact) mass is 422 g/mol. The number of ether oxygens (including phenoxy) is 1. The van der Waals surface area contributed by atoms with Crippen LogP contribution in [0.15, 0.2) is 63.8 Å². The van der Waals surface area contributed by atoms with Crippen LogP contribution in [0, 0.1) is 0 Å². The summed E-state index contributed by atoms with van der Waals surface area (Å²) < 4.78 is 10.9. The molecule has 0 bridgehead atoms. The molecular formula is C24H26N2O5. The SMILES string of the molecule is CN(CC(=O)NC(C)(C)C)C(=O)COc1ccc2c(-c3ccccc3)cc(=O)oc2c1. The molecule has 0 aliphatic carbocycles. The lowest BCUT2D eigenvalue weighted by atomic mass is 10.0. The highest BCUT2D eigenvalue weighted by molar-refractivity contribution is 5.93. The Hall–Kier alpha value is -3.61. The number of nitrogens with zero attached hydrogens (tertiary/aromatic N) is 1. The maximum absolute atomic E-state index is 12.3. The van der Waals surface area contributed by atoms with Gasteiger partial charge >= 0.3 is 5.63 Å². The minimum atomic E-state index is -0.468. The molecule has 0 fully saturated rings. The standard InChI is InChI=1S/C24H26N2O5/c1-24(2,3)25-21(27)14-26(4)22(28)15-30-17-10-11-18-19(16-8-6-5-7-9-16)13-23(29)31-20(18)12-17/h5-13H,14-15H2,1-4H3,(H,25,27). The van der Waals surface area contributed by atoms with Gasteiger partial charge in [-0.3, -0.25) is 9.59 Å². The van der Waals surface area contributed by atoms with Crippen molar-refractivity contribution in [2.45, 2.75) is 26.3 Å². The van der Waals surface area contributed by atoms with Gasteiger partial charge in [0.25, 0.3) is 5.91 Å². The second-order valence-corrected chi connectivity index (χ2v) is 8.34. The molecule has 3 rings (SSSR count). The van der Waals surface area contributed by atoms with Crippen LogP contribution in [0.25, 0.3) is 22.1 Å². The van der Waals surface area contributed by atoms with Crippen LogP contribution in [-0.4, -0.2) is 42.5 Å². The van der Waals surface area contributed by atoms with Gasteiger partial charge in [-0.25, -0.2) is 4.79 Å². The van der Waals surface area contributed by atoms with E-state index in [1.807, 2.05) is 51.1 Å². The van der Waals surface area contributed by atoms with Gasteiger partial charge in [0.05, 0.1) is 6.54 Å². The van der Waals surface area contributed by atoms with Crippen molar-refractivity contribution in [2.24, 2.45) is 0 Å². The third kappa shape index (κ3) is 5.94. The molecule has 2 aromatic carbocycles. The average molecular weight is 422 g/mol. The second kappa shape index (κ2) is 9.04. The summed E-state index contributed by atoms with van der Waals surface area (Å²) in [5, 5.41) is 3.57. The molecule has 2 amide bonds. The topological polar surface area (TPSA) is 88.9 Å². The van der Waals surface area contributed by atoms with Gasteiger partial charge in [-0.1, -0.05) is 30.3 Å². The minimum Gasteiger partial charge on any atom is -0.484 e. The largest absolute Gasteiger partial charge is 0.484 e. The number of carbonyl (C=O) groups is 2. The number of hydrogen-bond acceptors (Lipinski definition) is 5. The van der Waals surface area contributed by atoms with Crippen LogP contribution in [0.1, 0.15) is 20.8 Å². The van der Waals surface area contributed by atoms with E-state index in [1.54, 1.807) is 25.2 Å². The van der Waals surface area contributed by atoms with Gasteiger partial charge in [0, 0.05) is 30.1 Å². The van der Waals surface area contributed by atoms with Gasteiger partial charge in [-0.15, -0.1) is 0 Å². The molecule has 7 heteroatoms. The molecular weight excluding hydrogens is 396 g/mol. The van der Waals surface area contributed by atoms with E-state index in [0.717, 1.165) is 16.5 Å². The molecule has 31 heavy (non-hydrogen) atoms. The summed E-state index contributed by atoms with van der Waals surface area (Å²) >= 11 is 0. The van der Waals surface area contributed by atoms with Crippen molar-refractivity contribution < 1.29 is 18.7 Å². The number of hydrogen-bond donors (Lipinski definition) is 1. The summed E-state index contributed by atoms with van der Waals surface area (Å²) in [5.41, 5.74) is 1.20. The van der Waals surface area contributed by atoms with Gasteiger partial charge < -0.3 is 19.4 Å². The van der Waals surface area contributed by atoms with E-state index in [4.69, 9.17) is 9.15 Å². The Bertz CT molecular complexity index is 1150. The predicted octanol–water partition coefficient (Wildman–Crippen LogP) is 3.21. The zero-order valence-electron chi connectivity index (χ0n) is 18.1. The highest BCUT2D eigenvalue weighted by atomic mass is 16.5. The van der Waals surface area contributed by atoms with Crippen LogP contribution in [0.4, 0.5) is 0 Å². The molecule has 0 radical (unpaired) electrons. The van der Waals surface area contributed by atoms with E-state index >= 15 is 0 Å². The van der Waals surface area contributed by atoms with E-state index < -0.39 is 5.63 Å². The van der Waals surface area contributed by atoms with E-state index in [-0.39, 0.29) is 30.5 Å². The second-order valence-electron chi connectivity index (χ2n) is 8.34. The smallest absolute Gasteiger partial charge is 0.336 e. The normalized spacial score (nSPS) is 11.2. The quantitative estimate of drug-likeness (QED) is 0.616. The molecule has 1 aromatic heterocycles. The van der Waals surface area contributed by atoms with Crippen molar-refractivity contribution in [3.63, 3.8) is 0 Å². The lowest BCUT2D eigenvalue weighted by Gasteiger charge is -2.23. The summed E-state index contributed by atoms with van der Waals surface area (Å²) in [6.07, 6.45) is 0. The van der Waals surface area contributed by atoms with Gasteiger partial charge in [0.15, 0.2) is 6.61 Å². The summed E-state index contributed by atoms with van der Waals surface area (Å²) in [6.45, 7) is 5.31. The summed E-state index contributed by atoms with van der Waals surface area (Å²) in [7, 11) is 1.54. The Kier molecular flexibility index (Phi) is 6.44. The van der Waals surface area contributed by atoms with E-state index in [0.29, 0.717) is 11.3 Å².